The van der Waals surface area contributed by atoms with E-state index < -0.39 is 10.8 Å². The summed E-state index contributed by atoms with van der Waals surface area (Å²) in [6.45, 7) is 1.80. The maximum Gasteiger partial charge on any atom is 0.232 e. The first-order valence-corrected chi connectivity index (χ1v) is 10.3. The van der Waals surface area contributed by atoms with Crippen LogP contribution in [-0.4, -0.2) is 34.0 Å². The molecular weight excluding hydrogens is 352 g/mol. The fraction of sp³-hybridized carbons (Fsp3) is 0.474. The van der Waals surface area contributed by atoms with Crippen molar-refractivity contribution in [2.75, 3.05) is 12.9 Å². The summed E-state index contributed by atoms with van der Waals surface area (Å²) in [5.41, 5.74) is 1.45. The van der Waals surface area contributed by atoms with Gasteiger partial charge in [0.25, 0.3) is 0 Å². The van der Waals surface area contributed by atoms with Crippen LogP contribution in [0, 0.1) is 6.92 Å². The molecule has 6 nitrogen and oxygen atoms in total. The van der Waals surface area contributed by atoms with Gasteiger partial charge < -0.3 is 14.5 Å². The number of hydrogen-bond acceptors (Lipinski definition) is 5. The van der Waals surface area contributed by atoms with Gasteiger partial charge in [0.1, 0.15) is 17.3 Å². The molecule has 3 rings (SSSR count). The van der Waals surface area contributed by atoms with E-state index in [4.69, 9.17) is 9.15 Å². The molecule has 7 heteroatoms. The molecule has 0 bridgehead atoms. The number of nitrogens with one attached hydrogen (secondary N) is 1. The third kappa shape index (κ3) is 4.72. The van der Waals surface area contributed by atoms with Gasteiger partial charge in [0.15, 0.2) is 0 Å². The van der Waals surface area contributed by atoms with Crippen molar-refractivity contribution >= 4 is 16.7 Å². The van der Waals surface area contributed by atoms with Gasteiger partial charge in [-0.25, -0.2) is 4.98 Å². The number of benzene rings is 1. The van der Waals surface area contributed by atoms with Gasteiger partial charge in [0, 0.05) is 22.4 Å². The van der Waals surface area contributed by atoms with E-state index in [0.29, 0.717) is 17.3 Å². The van der Waals surface area contributed by atoms with Crippen LogP contribution in [0.4, 0.5) is 0 Å². The minimum Gasteiger partial charge on any atom is -0.497 e. The Balaban J connectivity index is 1.59. The first kappa shape index (κ1) is 18.6. The molecule has 1 aliphatic carbocycles. The largest absolute Gasteiger partial charge is 0.497 e. The van der Waals surface area contributed by atoms with Crippen molar-refractivity contribution in [1.82, 2.24) is 10.3 Å². The van der Waals surface area contributed by atoms with E-state index in [1.165, 1.54) is 0 Å². The molecule has 0 radical (unpaired) electrons. The van der Waals surface area contributed by atoms with Gasteiger partial charge >= 0.3 is 0 Å². The lowest BCUT2D eigenvalue weighted by atomic mass is 10.2. The summed E-state index contributed by atoms with van der Waals surface area (Å²) in [6, 6.07) is 7.63. The van der Waals surface area contributed by atoms with Crippen LogP contribution in [0.2, 0.25) is 0 Å². The summed E-state index contributed by atoms with van der Waals surface area (Å²) < 4.78 is 23.2. The van der Waals surface area contributed by atoms with Crippen molar-refractivity contribution in [2.45, 2.75) is 44.4 Å². The van der Waals surface area contributed by atoms with Gasteiger partial charge in [0.2, 0.25) is 11.8 Å². The lowest BCUT2D eigenvalue weighted by Crippen LogP contribution is -2.35. The molecular formula is C19H24N2O4S. The quantitative estimate of drug-likeness (QED) is 0.803. The molecule has 1 saturated carbocycles. The Morgan fingerprint density at radius 3 is 2.65 bits per heavy atom. The monoisotopic (exact) mass is 376 g/mol. The van der Waals surface area contributed by atoms with Gasteiger partial charge in [-0.2, -0.15) is 0 Å². The van der Waals surface area contributed by atoms with Crippen molar-refractivity contribution in [2.24, 2.45) is 0 Å². The second-order valence-electron chi connectivity index (χ2n) is 6.53. The zero-order chi connectivity index (χ0) is 18.5. The lowest BCUT2D eigenvalue weighted by molar-refractivity contribution is -0.119. The van der Waals surface area contributed by atoms with Crippen LogP contribution >= 0.6 is 0 Å². The maximum absolute atomic E-state index is 12.3. The van der Waals surface area contributed by atoms with Crippen molar-refractivity contribution in [3.8, 4) is 17.2 Å². The zero-order valence-corrected chi connectivity index (χ0v) is 15.9. The molecule has 1 aliphatic rings. The number of methoxy groups -OCH3 is 1. The van der Waals surface area contributed by atoms with Crippen LogP contribution in [0.5, 0.6) is 5.75 Å². The van der Waals surface area contributed by atoms with Crippen LogP contribution in [0.15, 0.2) is 28.7 Å². The second-order valence-corrected chi connectivity index (χ2v) is 7.98. The van der Waals surface area contributed by atoms with Crippen LogP contribution in [0.1, 0.15) is 37.1 Å². The molecule has 1 fully saturated rings. The average molecular weight is 376 g/mol. The Morgan fingerprint density at radius 2 is 2.00 bits per heavy atom. The molecule has 140 valence electrons. The van der Waals surface area contributed by atoms with Crippen molar-refractivity contribution < 1.29 is 18.2 Å². The summed E-state index contributed by atoms with van der Waals surface area (Å²) in [6.07, 6.45) is 4.35. The third-order valence-electron chi connectivity index (χ3n) is 4.54. The Hall–Kier alpha value is -2.15. The number of ether oxygens (including phenoxy) is 1. The predicted molar refractivity (Wildman–Crippen MR) is 100 cm³/mol. The fourth-order valence-electron chi connectivity index (χ4n) is 3.11. The SMILES string of the molecule is COc1ccc(-c2nc(C[S@](=O)CC(=O)NC3CCCC3)c(C)o2)cc1. The Kier molecular flexibility index (Phi) is 6.08. The minimum absolute atomic E-state index is 0.000664. The van der Waals surface area contributed by atoms with Crippen molar-refractivity contribution in [3.63, 3.8) is 0 Å². The smallest absolute Gasteiger partial charge is 0.232 e. The van der Waals surface area contributed by atoms with Crippen LogP contribution < -0.4 is 10.1 Å². The Labute approximate surface area is 155 Å². The highest BCUT2D eigenvalue weighted by atomic mass is 32.2. The van der Waals surface area contributed by atoms with Gasteiger partial charge in [-0.1, -0.05) is 12.8 Å². The van der Waals surface area contributed by atoms with Gasteiger partial charge in [-0.15, -0.1) is 0 Å². The van der Waals surface area contributed by atoms with Gasteiger partial charge in [-0.3, -0.25) is 9.00 Å². The summed E-state index contributed by atoms with van der Waals surface area (Å²) in [7, 11) is 0.298. The summed E-state index contributed by atoms with van der Waals surface area (Å²) in [5, 5.41) is 2.96. The highest BCUT2D eigenvalue weighted by Gasteiger charge is 2.20. The minimum atomic E-state index is -1.31. The number of amides is 1. The number of aromatic nitrogens is 1. The summed E-state index contributed by atoms with van der Waals surface area (Å²) >= 11 is 0. The molecule has 1 atom stereocenters. The zero-order valence-electron chi connectivity index (χ0n) is 15.1. The van der Waals surface area contributed by atoms with E-state index in [1.807, 2.05) is 24.3 Å². The molecule has 1 aromatic heterocycles. The Bertz CT molecular complexity index is 779. The van der Waals surface area contributed by atoms with Gasteiger partial charge in [0.05, 0.1) is 18.6 Å². The van der Waals surface area contributed by atoms with Crippen LogP contribution in [-0.2, 0) is 21.3 Å². The van der Waals surface area contributed by atoms with Crippen molar-refractivity contribution in [1.29, 1.82) is 0 Å². The molecule has 1 amide bonds. The maximum atomic E-state index is 12.3. The van der Waals surface area contributed by atoms with Crippen LogP contribution in [0.25, 0.3) is 11.5 Å². The van der Waals surface area contributed by atoms with E-state index >= 15 is 0 Å². The molecule has 2 aromatic rings. The first-order valence-electron chi connectivity index (χ1n) is 8.80. The van der Waals surface area contributed by atoms with Crippen LogP contribution in [0.3, 0.4) is 0 Å². The summed E-state index contributed by atoms with van der Waals surface area (Å²) in [4.78, 5) is 16.5. The average Bonchev–Trinajstić information content (AvgIpc) is 3.25. The molecule has 26 heavy (non-hydrogen) atoms. The highest BCUT2D eigenvalue weighted by molar-refractivity contribution is 7.84. The van der Waals surface area contributed by atoms with E-state index in [-0.39, 0.29) is 23.5 Å². The van der Waals surface area contributed by atoms with Crippen molar-refractivity contribution in [3.05, 3.63) is 35.7 Å². The molecule has 0 saturated heterocycles. The topological polar surface area (TPSA) is 81.4 Å². The second kappa shape index (κ2) is 8.49. The lowest BCUT2D eigenvalue weighted by Gasteiger charge is -2.11. The number of nitrogens with zero attached hydrogens (tertiary/aromatic N) is 1. The highest BCUT2D eigenvalue weighted by Crippen LogP contribution is 2.24. The molecule has 0 unspecified atom stereocenters. The van der Waals surface area contributed by atoms with E-state index in [9.17, 15) is 9.00 Å². The first-order chi connectivity index (χ1) is 12.5. The number of carbonyl (C=O) groups excluding carboxylic acids is 1. The third-order valence-corrected chi connectivity index (χ3v) is 5.72. The number of hydrogen-bond donors (Lipinski definition) is 1. The number of rotatable bonds is 7. The van der Waals surface area contributed by atoms with E-state index in [1.54, 1.807) is 14.0 Å². The Morgan fingerprint density at radius 1 is 1.31 bits per heavy atom. The number of aryl methyl sites for hydroxylation is 1. The van der Waals surface area contributed by atoms with E-state index in [2.05, 4.69) is 10.3 Å². The number of oxazole rings is 1. The normalized spacial score (nSPS) is 15.8. The molecule has 0 spiro atoms. The predicted octanol–water partition coefficient (Wildman–Crippen LogP) is 2.97. The van der Waals surface area contributed by atoms with Gasteiger partial charge in [-0.05, 0) is 44.0 Å². The molecule has 1 aromatic carbocycles. The fourth-order valence-corrected chi connectivity index (χ4v) is 4.16. The summed E-state index contributed by atoms with van der Waals surface area (Å²) in [5.74, 6) is 1.93. The molecule has 1 N–H and O–H groups in total. The van der Waals surface area contributed by atoms with E-state index in [0.717, 1.165) is 37.0 Å². The number of carbonyl (C=O) groups is 1. The molecule has 1 heterocycles. The molecule has 0 aliphatic heterocycles. The standard InChI is InChI=1S/C19H24N2O4S/c1-13-17(11-26(23)12-18(22)20-15-5-3-4-6-15)21-19(25-13)14-7-9-16(24-2)10-8-14/h7-10,15H,3-6,11-12H2,1-2H3,(H,20,22)/t26-/m0/s1.